The van der Waals surface area contributed by atoms with E-state index in [1.54, 1.807) is 41.7 Å². The minimum absolute atomic E-state index is 0. The number of benzene rings is 4. The second kappa shape index (κ2) is 27.8. The summed E-state index contributed by atoms with van der Waals surface area (Å²) in [5, 5.41) is 12.3. The number of nitrogens with two attached hydrogens (primary N) is 1. The number of pyridine rings is 2. The maximum absolute atomic E-state index is 13.8. The molecule has 0 saturated heterocycles. The third-order valence-corrected chi connectivity index (χ3v) is 13.8. The second-order valence-corrected chi connectivity index (χ2v) is 20.6. The van der Waals surface area contributed by atoms with Crippen LogP contribution in [0.15, 0.2) is 122 Å². The molecule has 0 spiro atoms. The minimum atomic E-state index is -0.926. The molecule has 0 saturated carbocycles. The lowest BCUT2D eigenvalue weighted by atomic mass is 9.94. The first kappa shape index (κ1) is 60.8. The molecule has 4 atom stereocenters. The van der Waals surface area contributed by atoms with Crippen molar-refractivity contribution in [2.45, 2.75) is 126 Å². The summed E-state index contributed by atoms with van der Waals surface area (Å²) in [7, 11) is 2.69. The number of carbonyl (C=O) groups is 6. The van der Waals surface area contributed by atoms with E-state index in [2.05, 4.69) is 46.0 Å². The van der Waals surface area contributed by atoms with Crippen LogP contribution in [-0.4, -0.2) is 86.8 Å². The van der Waals surface area contributed by atoms with Crippen molar-refractivity contribution in [1.29, 1.82) is 0 Å². The molecule has 78 heavy (non-hydrogen) atoms. The predicted molar refractivity (Wildman–Crippen MR) is 303 cm³/mol. The molecule has 0 radical (unpaired) electrons. The van der Waals surface area contributed by atoms with Crippen LogP contribution in [0.1, 0.15) is 138 Å². The van der Waals surface area contributed by atoms with E-state index in [1.165, 1.54) is 30.2 Å². The zero-order valence-corrected chi connectivity index (χ0v) is 45.8. The molecule has 0 aliphatic carbocycles. The Kier molecular flexibility index (Phi) is 21.7. The van der Waals surface area contributed by atoms with Gasteiger partial charge in [0.2, 0.25) is 5.91 Å². The van der Waals surface area contributed by atoms with Crippen LogP contribution in [0.4, 0.5) is 0 Å². The highest BCUT2D eigenvalue weighted by Crippen LogP contribution is 2.33. The van der Waals surface area contributed by atoms with Crippen molar-refractivity contribution in [3.8, 4) is 22.3 Å². The van der Waals surface area contributed by atoms with E-state index in [4.69, 9.17) is 10.5 Å². The van der Waals surface area contributed by atoms with E-state index in [0.29, 0.717) is 42.6 Å². The predicted octanol–water partition coefficient (Wildman–Crippen LogP) is 10.9. The van der Waals surface area contributed by atoms with Crippen molar-refractivity contribution in [2.75, 3.05) is 14.2 Å². The van der Waals surface area contributed by atoms with Gasteiger partial charge >= 0.3 is 17.9 Å². The SMILES string of the molecule is C.CC(C)CC(C(=O)O)N1Cc2ccccc2C1=O.COC(=O)C[C@H](N)c1cncc(-c2c(C)cccc2C)c1.COC(=O)C[C@H](NC(=O)C(CC(C)C)N1Cc2ccccc2C1=O)c1cncc(-c2c(C)cccc2C)c1. The van der Waals surface area contributed by atoms with Crippen LogP contribution in [0.5, 0.6) is 0 Å². The fourth-order valence-electron chi connectivity index (χ4n) is 9.96. The van der Waals surface area contributed by atoms with E-state index < -0.39 is 36.1 Å². The van der Waals surface area contributed by atoms with Gasteiger partial charge in [-0.25, -0.2) is 4.79 Å². The van der Waals surface area contributed by atoms with Gasteiger partial charge in [-0.05, 0) is 132 Å². The molecule has 15 nitrogen and oxygen atoms in total. The van der Waals surface area contributed by atoms with Gasteiger partial charge < -0.3 is 35.4 Å². The van der Waals surface area contributed by atoms with E-state index in [-0.39, 0.29) is 55.8 Å². The van der Waals surface area contributed by atoms with Gasteiger partial charge in [-0.15, -0.1) is 0 Å². The Morgan fingerprint density at radius 3 is 1.45 bits per heavy atom. The molecule has 4 N–H and O–H groups in total. The summed E-state index contributed by atoms with van der Waals surface area (Å²) < 4.78 is 9.60. The van der Waals surface area contributed by atoms with Crippen LogP contribution in [-0.2, 0) is 41.7 Å². The number of esters is 2. The Labute approximate surface area is 459 Å². The Morgan fingerprint density at radius 1 is 0.603 bits per heavy atom. The number of carboxylic acid groups (broad SMARTS) is 1. The number of carboxylic acids is 1. The van der Waals surface area contributed by atoms with Crippen LogP contribution in [0.25, 0.3) is 22.3 Å². The van der Waals surface area contributed by atoms with Crippen molar-refractivity contribution in [1.82, 2.24) is 25.1 Å². The van der Waals surface area contributed by atoms with Crippen LogP contribution in [0.2, 0.25) is 0 Å². The molecule has 8 rings (SSSR count). The number of aryl methyl sites for hydroxylation is 4. The average molecular weight is 1060 g/mol. The lowest BCUT2D eigenvalue weighted by Crippen LogP contribution is -2.48. The van der Waals surface area contributed by atoms with E-state index in [9.17, 15) is 33.9 Å². The van der Waals surface area contributed by atoms with Crippen molar-refractivity contribution in [2.24, 2.45) is 17.6 Å². The number of hydrogen-bond donors (Lipinski definition) is 3. The second-order valence-electron chi connectivity index (χ2n) is 20.6. The number of nitrogens with zero attached hydrogens (tertiary/aromatic N) is 4. The molecule has 2 unspecified atom stereocenters. The molecular formula is C63H76N6O9. The highest BCUT2D eigenvalue weighted by molar-refractivity contribution is 6.01. The third kappa shape index (κ3) is 15.1. The van der Waals surface area contributed by atoms with Gasteiger partial charge in [0.05, 0.1) is 33.1 Å². The quantitative estimate of drug-likeness (QED) is 0.0728. The van der Waals surface area contributed by atoms with Gasteiger partial charge in [0.25, 0.3) is 11.8 Å². The topological polar surface area (TPSA) is 211 Å². The van der Waals surface area contributed by atoms with Gasteiger partial charge in [0, 0.05) is 66.2 Å². The van der Waals surface area contributed by atoms with E-state index in [0.717, 1.165) is 50.1 Å². The summed E-state index contributed by atoms with van der Waals surface area (Å²) in [5.74, 6) is -1.89. The molecule has 6 aromatic rings. The molecule has 4 heterocycles. The number of methoxy groups -OCH3 is 2. The first-order chi connectivity index (χ1) is 36.7. The van der Waals surface area contributed by atoms with Crippen molar-refractivity contribution in [3.63, 3.8) is 0 Å². The van der Waals surface area contributed by atoms with Gasteiger partial charge in [-0.1, -0.05) is 108 Å². The summed E-state index contributed by atoms with van der Waals surface area (Å²) in [4.78, 5) is 86.1. The average Bonchev–Trinajstić information content (AvgIpc) is 3.96. The van der Waals surface area contributed by atoms with Crippen LogP contribution in [0.3, 0.4) is 0 Å². The number of carbonyl (C=O) groups excluding carboxylic acids is 5. The van der Waals surface area contributed by atoms with Crippen LogP contribution in [0, 0.1) is 39.5 Å². The third-order valence-electron chi connectivity index (χ3n) is 13.8. The zero-order chi connectivity index (χ0) is 56.1. The molecular weight excluding hydrogens is 985 g/mol. The van der Waals surface area contributed by atoms with Gasteiger partial charge in [-0.2, -0.15) is 0 Å². The molecule has 4 aromatic carbocycles. The van der Waals surface area contributed by atoms with Crippen LogP contribution < -0.4 is 11.1 Å². The summed E-state index contributed by atoms with van der Waals surface area (Å²) in [6.45, 7) is 17.0. The first-order valence-corrected chi connectivity index (χ1v) is 26.0. The number of ether oxygens (including phenoxy) is 2. The van der Waals surface area contributed by atoms with Gasteiger partial charge in [-0.3, -0.25) is 33.9 Å². The molecule has 2 aliphatic heterocycles. The first-order valence-electron chi connectivity index (χ1n) is 26.0. The number of nitrogens with one attached hydrogen (secondary N) is 1. The maximum atomic E-state index is 13.8. The fourth-order valence-corrected chi connectivity index (χ4v) is 9.96. The fraction of sp³-hybridized carbons (Fsp3) is 0.365. The number of hydrogen-bond acceptors (Lipinski definition) is 11. The molecule has 412 valence electrons. The summed E-state index contributed by atoms with van der Waals surface area (Å²) >= 11 is 0. The summed E-state index contributed by atoms with van der Waals surface area (Å²) in [6.07, 6.45) is 8.05. The molecule has 3 amide bonds. The maximum Gasteiger partial charge on any atom is 0.326 e. The van der Waals surface area contributed by atoms with Gasteiger partial charge in [0.15, 0.2) is 0 Å². The Morgan fingerprint density at radius 2 is 1.01 bits per heavy atom. The van der Waals surface area contributed by atoms with Crippen molar-refractivity contribution >= 4 is 35.6 Å². The monoisotopic (exact) mass is 1060 g/mol. The standard InChI is InChI=1S/C31H35N3O4.C17H20N2O2.C14H17NO3.CH4/c1-19(2)13-27(34-18-22-11-6-7-12-25(22)31(34)37)30(36)33-26(15-28(35)38-5)23-14-24(17-32-16-23)29-20(3)9-8-10-21(29)4;1-11-5-4-6-12(2)17(11)14-7-13(9-19-10-14)15(18)8-16(20)21-3;1-9(2)7-12(14(17)18)15-8-10-5-3-4-6-11(10)13(15)16;/h6-12,14,16-17,19,26-27H,13,15,18H2,1-5H3,(H,33,36);4-7,9-10,15H,8,18H2,1-3H3;3-6,9,12H,7-8H2,1-2H3,(H,17,18);1H4/t26-,27?;15-;;/m00../s1. The Bertz CT molecular complexity index is 3060. The minimum Gasteiger partial charge on any atom is -0.480 e. The largest absolute Gasteiger partial charge is 0.480 e. The van der Waals surface area contributed by atoms with Crippen molar-refractivity contribution < 1.29 is 43.3 Å². The molecule has 2 aromatic heterocycles. The lowest BCUT2D eigenvalue weighted by molar-refractivity contribution is -0.143. The number of rotatable bonds is 17. The lowest BCUT2D eigenvalue weighted by Gasteiger charge is -2.30. The summed E-state index contributed by atoms with van der Waals surface area (Å²) in [5.41, 5.74) is 19.4. The Hall–Kier alpha value is -8.04. The van der Waals surface area contributed by atoms with Crippen LogP contribution >= 0.6 is 0 Å². The van der Waals surface area contributed by atoms with Gasteiger partial charge in [0.1, 0.15) is 12.1 Å². The zero-order valence-electron chi connectivity index (χ0n) is 45.8. The number of amides is 3. The molecule has 15 heteroatoms. The number of aliphatic carboxylic acids is 1. The molecule has 0 bridgehead atoms. The van der Waals surface area contributed by atoms with Crippen molar-refractivity contribution in [3.05, 3.63) is 177 Å². The summed E-state index contributed by atoms with van der Waals surface area (Å²) in [6, 6.07) is 28.5. The number of aromatic nitrogens is 2. The van der Waals surface area contributed by atoms with E-state index in [1.807, 2.05) is 114 Å². The highest BCUT2D eigenvalue weighted by Gasteiger charge is 2.38. The Balaban J connectivity index is 0.000000236. The molecule has 0 fully saturated rings. The normalized spacial score (nSPS) is 13.9. The highest BCUT2D eigenvalue weighted by atomic mass is 16.5. The number of fused-ring (bicyclic) bond motifs is 2. The molecule has 2 aliphatic rings. The smallest absolute Gasteiger partial charge is 0.326 e. The van der Waals surface area contributed by atoms with E-state index >= 15 is 0 Å².